The number of sulfonamides is 1. The maximum absolute atomic E-state index is 13.7. The Morgan fingerprint density at radius 3 is 2.19 bits per heavy atom. The van der Waals surface area contributed by atoms with Crippen molar-refractivity contribution in [3.8, 4) is 0 Å². The van der Waals surface area contributed by atoms with Crippen molar-refractivity contribution in [1.82, 2.24) is 10.2 Å². The lowest BCUT2D eigenvalue weighted by Gasteiger charge is -2.34. The summed E-state index contributed by atoms with van der Waals surface area (Å²) in [5.74, 6) is -0.603. The summed E-state index contributed by atoms with van der Waals surface area (Å²) in [4.78, 5) is 28.6. The van der Waals surface area contributed by atoms with Crippen LogP contribution >= 0.6 is 15.9 Å². The Kier molecular flexibility index (Phi) is 9.96. The maximum atomic E-state index is 13.7. The number of nitrogens with zero attached hydrogens (tertiary/aromatic N) is 2. The van der Waals surface area contributed by atoms with Gasteiger partial charge in [0.2, 0.25) is 21.8 Å². The highest BCUT2D eigenvalue weighted by Gasteiger charge is 2.32. The van der Waals surface area contributed by atoms with E-state index in [1.807, 2.05) is 38.1 Å². The SMILES string of the molecule is CCC(C(=O)NC1CCCCC1)N(Cc1ccc(C)cc1)C(=O)CN(c1ccc(Br)cc1)S(C)(=O)=O. The van der Waals surface area contributed by atoms with Crippen LogP contribution in [0.3, 0.4) is 0 Å². The molecule has 196 valence electrons. The minimum Gasteiger partial charge on any atom is -0.352 e. The summed E-state index contributed by atoms with van der Waals surface area (Å²) in [5, 5.41) is 3.15. The van der Waals surface area contributed by atoms with Crippen molar-refractivity contribution >= 4 is 43.5 Å². The topological polar surface area (TPSA) is 86.8 Å². The van der Waals surface area contributed by atoms with E-state index in [0.29, 0.717) is 12.1 Å². The molecule has 1 unspecified atom stereocenters. The van der Waals surface area contributed by atoms with E-state index >= 15 is 0 Å². The van der Waals surface area contributed by atoms with Crippen molar-refractivity contribution in [3.63, 3.8) is 0 Å². The molecule has 1 N–H and O–H groups in total. The van der Waals surface area contributed by atoms with Crippen LogP contribution < -0.4 is 9.62 Å². The minimum absolute atomic E-state index is 0.118. The molecule has 0 heterocycles. The van der Waals surface area contributed by atoms with E-state index in [4.69, 9.17) is 0 Å². The number of anilines is 1. The Labute approximate surface area is 223 Å². The third-order valence-corrected chi connectivity index (χ3v) is 8.27. The van der Waals surface area contributed by atoms with E-state index in [-0.39, 0.29) is 25.0 Å². The molecule has 0 aromatic heterocycles. The molecule has 0 spiro atoms. The van der Waals surface area contributed by atoms with Crippen LogP contribution in [0, 0.1) is 6.92 Å². The quantitative estimate of drug-likeness (QED) is 0.440. The molecule has 2 aromatic rings. The van der Waals surface area contributed by atoms with Crippen molar-refractivity contribution in [2.24, 2.45) is 0 Å². The second-order valence-corrected chi connectivity index (χ2v) is 12.3. The van der Waals surface area contributed by atoms with E-state index in [2.05, 4.69) is 21.2 Å². The minimum atomic E-state index is -3.74. The normalized spacial score (nSPS) is 15.2. The fourth-order valence-electron chi connectivity index (χ4n) is 4.58. The lowest BCUT2D eigenvalue weighted by molar-refractivity contribution is -0.140. The molecule has 36 heavy (non-hydrogen) atoms. The standard InChI is InChI=1S/C27H36BrN3O4S/c1-4-25(27(33)29-23-8-6-5-7-9-23)30(18-21-12-10-20(2)11-13-21)26(32)19-31(36(3,34)35)24-16-14-22(28)15-17-24/h10-17,23,25H,4-9,18-19H2,1-3H3,(H,29,33). The summed E-state index contributed by atoms with van der Waals surface area (Å²) in [5.41, 5.74) is 2.37. The summed E-state index contributed by atoms with van der Waals surface area (Å²) < 4.78 is 27.2. The second-order valence-electron chi connectivity index (χ2n) is 9.52. The number of hydrogen-bond donors (Lipinski definition) is 1. The molecular weight excluding hydrogens is 542 g/mol. The zero-order valence-electron chi connectivity index (χ0n) is 21.2. The Balaban J connectivity index is 1.89. The molecule has 0 aliphatic heterocycles. The number of benzene rings is 2. The molecular formula is C27H36BrN3O4S. The van der Waals surface area contributed by atoms with Gasteiger partial charge in [-0.3, -0.25) is 13.9 Å². The highest BCUT2D eigenvalue weighted by atomic mass is 79.9. The molecule has 0 saturated heterocycles. The number of halogens is 1. The average Bonchev–Trinajstić information content (AvgIpc) is 2.84. The van der Waals surface area contributed by atoms with Crippen molar-refractivity contribution < 1.29 is 18.0 Å². The van der Waals surface area contributed by atoms with Gasteiger partial charge in [-0.15, -0.1) is 0 Å². The smallest absolute Gasteiger partial charge is 0.244 e. The number of hydrogen-bond acceptors (Lipinski definition) is 4. The summed E-state index contributed by atoms with van der Waals surface area (Å²) in [6.07, 6.45) is 6.75. The molecule has 3 rings (SSSR count). The second kappa shape index (κ2) is 12.7. The number of rotatable bonds is 10. The molecule has 2 aromatic carbocycles. The van der Waals surface area contributed by atoms with E-state index in [1.165, 1.54) is 11.3 Å². The molecule has 2 amide bonds. The Bertz CT molecular complexity index is 1130. The van der Waals surface area contributed by atoms with Crippen molar-refractivity contribution in [1.29, 1.82) is 0 Å². The van der Waals surface area contributed by atoms with Gasteiger partial charge in [0, 0.05) is 17.1 Å². The molecule has 1 atom stereocenters. The summed E-state index contributed by atoms with van der Waals surface area (Å²) in [6.45, 7) is 3.69. The Morgan fingerprint density at radius 1 is 1.03 bits per heavy atom. The molecule has 7 nitrogen and oxygen atoms in total. The number of carbonyl (C=O) groups excluding carboxylic acids is 2. The number of nitrogens with one attached hydrogen (secondary N) is 1. The highest BCUT2D eigenvalue weighted by Crippen LogP contribution is 2.23. The predicted octanol–water partition coefficient (Wildman–Crippen LogP) is 4.78. The van der Waals surface area contributed by atoms with Crippen LogP contribution in [0.25, 0.3) is 0 Å². The third-order valence-electron chi connectivity index (χ3n) is 6.60. The molecule has 1 fully saturated rings. The molecule has 1 saturated carbocycles. The van der Waals surface area contributed by atoms with Crippen LogP contribution in [0.1, 0.15) is 56.6 Å². The molecule has 9 heteroatoms. The van der Waals surface area contributed by atoms with Gasteiger partial charge in [0.15, 0.2) is 0 Å². The molecule has 0 radical (unpaired) electrons. The molecule has 0 bridgehead atoms. The average molecular weight is 579 g/mol. The Morgan fingerprint density at radius 2 is 1.64 bits per heavy atom. The van der Waals surface area contributed by atoms with Gasteiger partial charge in [-0.2, -0.15) is 0 Å². The van der Waals surface area contributed by atoms with E-state index in [1.54, 1.807) is 24.3 Å². The van der Waals surface area contributed by atoms with Crippen molar-refractivity contribution in [2.45, 2.75) is 71.0 Å². The molecule has 1 aliphatic rings. The van der Waals surface area contributed by atoms with Crippen LogP contribution in [0.4, 0.5) is 5.69 Å². The van der Waals surface area contributed by atoms with E-state index in [9.17, 15) is 18.0 Å². The van der Waals surface area contributed by atoms with Gasteiger partial charge in [0.1, 0.15) is 12.6 Å². The van der Waals surface area contributed by atoms with Gasteiger partial charge in [-0.25, -0.2) is 8.42 Å². The van der Waals surface area contributed by atoms with Gasteiger partial charge >= 0.3 is 0 Å². The predicted molar refractivity (Wildman–Crippen MR) is 147 cm³/mol. The van der Waals surface area contributed by atoms with Crippen molar-refractivity contribution in [3.05, 3.63) is 64.1 Å². The summed E-state index contributed by atoms with van der Waals surface area (Å²) in [7, 11) is -3.74. The van der Waals surface area contributed by atoms with Gasteiger partial charge in [0.05, 0.1) is 11.9 Å². The maximum Gasteiger partial charge on any atom is 0.244 e. The Hall–Kier alpha value is -2.39. The van der Waals surface area contributed by atoms with Gasteiger partial charge in [0.25, 0.3) is 0 Å². The van der Waals surface area contributed by atoms with Crippen molar-refractivity contribution in [2.75, 3.05) is 17.1 Å². The largest absolute Gasteiger partial charge is 0.352 e. The monoisotopic (exact) mass is 577 g/mol. The lowest BCUT2D eigenvalue weighted by atomic mass is 9.95. The number of amides is 2. The van der Waals surface area contributed by atoms with Crippen LogP contribution in [-0.4, -0.2) is 50.0 Å². The first-order chi connectivity index (χ1) is 17.1. The van der Waals surface area contributed by atoms with Gasteiger partial charge < -0.3 is 10.2 Å². The first kappa shape index (κ1) is 28.2. The summed E-state index contributed by atoms with van der Waals surface area (Å²) in [6, 6.07) is 14.0. The van der Waals surface area contributed by atoms with Crippen LogP contribution in [-0.2, 0) is 26.2 Å². The summed E-state index contributed by atoms with van der Waals surface area (Å²) >= 11 is 3.36. The fraction of sp³-hybridized carbons (Fsp3) is 0.481. The number of carbonyl (C=O) groups is 2. The van der Waals surface area contributed by atoms with Crippen LogP contribution in [0.2, 0.25) is 0 Å². The zero-order valence-corrected chi connectivity index (χ0v) is 23.6. The fourth-order valence-corrected chi connectivity index (χ4v) is 5.69. The third kappa shape index (κ3) is 7.80. The first-order valence-electron chi connectivity index (χ1n) is 12.5. The first-order valence-corrected chi connectivity index (χ1v) is 15.1. The van der Waals surface area contributed by atoms with Crippen LogP contribution in [0.15, 0.2) is 53.0 Å². The van der Waals surface area contributed by atoms with E-state index in [0.717, 1.165) is 51.8 Å². The van der Waals surface area contributed by atoms with Gasteiger partial charge in [-0.1, -0.05) is 71.9 Å². The zero-order chi connectivity index (χ0) is 26.3. The highest BCUT2D eigenvalue weighted by molar-refractivity contribution is 9.10. The van der Waals surface area contributed by atoms with Crippen LogP contribution in [0.5, 0.6) is 0 Å². The number of aryl methyl sites for hydroxylation is 1. The lowest BCUT2D eigenvalue weighted by Crippen LogP contribution is -2.53. The molecule has 1 aliphatic carbocycles. The van der Waals surface area contributed by atoms with E-state index < -0.39 is 22.0 Å². The van der Waals surface area contributed by atoms with Gasteiger partial charge in [-0.05, 0) is 56.0 Å².